The van der Waals surface area contributed by atoms with Gasteiger partial charge >= 0.3 is 0 Å². The van der Waals surface area contributed by atoms with Crippen molar-refractivity contribution in [2.45, 2.75) is 64.0 Å². The minimum atomic E-state index is 0.423. The van der Waals surface area contributed by atoms with Crippen LogP contribution in [0, 0.1) is 5.92 Å². The zero-order chi connectivity index (χ0) is 15.4. The largest absolute Gasteiger partial charge is 0.382 e. The molecule has 0 amide bonds. The lowest BCUT2D eigenvalue weighted by Gasteiger charge is -2.33. The Morgan fingerprint density at radius 3 is 2.23 bits per heavy atom. The third-order valence-corrected chi connectivity index (χ3v) is 5.57. The van der Waals surface area contributed by atoms with E-state index >= 15 is 0 Å². The van der Waals surface area contributed by atoms with Crippen LogP contribution in [-0.2, 0) is 0 Å². The number of anilines is 2. The van der Waals surface area contributed by atoms with Crippen molar-refractivity contribution in [3.63, 3.8) is 0 Å². The smallest absolute Gasteiger partial charge is 0.0367 e. The molecule has 22 heavy (non-hydrogen) atoms. The van der Waals surface area contributed by atoms with E-state index in [9.17, 15) is 0 Å². The molecule has 0 spiro atoms. The van der Waals surface area contributed by atoms with Crippen molar-refractivity contribution >= 4 is 11.4 Å². The molecule has 2 aliphatic rings. The Morgan fingerprint density at radius 1 is 1.00 bits per heavy atom. The highest BCUT2D eigenvalue weighted by Gasteiger charge is 2.19. The summed E-state index contributed by atoms with van der Waals surface area (Å²) in [4.78, 5) is 2.54. The first-order valence-electron chi connectivity index (χ1n) is 9.11. The van der Waals surface area contributed by atoms with Gasteiger partial charge in [-0.15, -0.1) is 0 Å². The Morgan fingerprint density at radius 2 is 1.64 bits per heavy atom. The molecule has 3 nitrogen and oxygen atoms in total. The summed E-state index contributed by atoms with van der Waals surface area (Å²) >= 11 is 0. The van der Waals surface area contributed by atoms with Gasteiger partial charge in [0.05, 0.1) is 0 Å². The molecular weight excluding hydrogens is 270 g/mol. The highest BCUT2D eigenvalue weighted by atomic mass is 15.1. The fourth-order valence-electron chi connectivity index (χ4n) is 3.87. The first-order chi connectivity index (χ1) is 10.7. The van der Waals surface area contributed by atoms with E-state index in [0.29, 0.717) is 12.1 Å². The van der Waals surface area contributed by atoms with Crippen LogP contribution in [0.2, 0.25) is 0 Å². The van der Waals surface area contributed by atoms with Gasteiger partial charge in [0.15, 0.2) is 0 Å². The van der Waals surface area contributed by atoms with Gasteiger partial charge in [-0.1, -0.05) is 13.3 Å². The van der Waals surface area contributed by atoms with Gasteiger partial charge in [0.2, 0.25) is 0 Å². The summed E-state index contributed by atoms with van der Waals surface area (Å²) in [7, 11) is 0. The van der Waals surface area contributed by atoms with E-state index in [1.807, 2.05) is 0 Å². The van der Waals surface area contributed by atoms with Gasteiger partial charge in [0.1, 0.15) is 0 Å². The van der Waals surface area contributed by atoms with Crippen LogP contribution in [0.4, 0.5) is 11.4 Å². The van der Waals surface area contributed by atoms with Crippen molar-refractivity contribution < 1.29 is 0 Å². The van der Waals surface area contributed by atoms with E-state index in [4.69, 9.17) is 5.73 Å². The molecule has 0 radical (unpaired) electrons. The van der Waals surface area contributed by atoms with Crippen molar-refractivity contribution in [1.29, 1.82) is 0 Å². The Hall–Kier alpha value is -1.22. The van der Waals surface area contributed by atoms with Crippen molar-refractivity contribution in [2.75, 3.05) is 23.3 Å². The van der Waals surface area contributed by atoms with Crippen LogP contribution >= 0.6 is 0 Å². The normalized spacial score (nSPS) is 26.9. The number of hydrogen-bond acceptors (Lipinski definition) is 3. The zero-order valence-electron chi connectivity index (χ0n) is 13.9. The molecule has 122 valence electrons. The van der Waals surface area contributed by atoms with E-state index in [2.05, 4.69) is 41.4 Å². The van der Waals surface area contributed by atoms with E-state index in [-0.39, 0.29) is 0 Å². The maximum absolute atomic E-state index is 5.98. The van der Waals surface area contributed by atoms with Crippen LogP contribution in [0.1, 0.15) is 51.9 Å². The number of nitrogens with one attached hydrogen (secondary N) is 1. The van der Waals surface area contributed by atoms with E-state index < -0.39 is 0 Å². The molecule has 0 unspecified atom stereocenters. The summed E-state index contributed by atoms with van der Waals surface area (Å²) in [6.45, 7) is 4.75. The Kier molecular flexibility index (Phi) is 5.24. The third kappa shape index (κ3) is 3.95. The first kappa shape index (κ1) is 15.7. The standard InChI is InChI=1S/C19H31N3/c1-2-15-11-13-22(14-12-15)19-9-7-18(8-10-19)21-17-5-3-16(20)4-6-17/h7-10,15-17,21H,2-6,11-14,20H2,1H3. The number of benzene rings is 1. The molecule has 0 bridgehead atoms. The van der Waals surface area contributed by atoms with Gasteiger partial charge in [0, 0.05) is 36.5 Å². The van der Waals surface area contributed by atoms with E-state index in [1.165, 1.54) is 56.6 Å². The number of nitrogens with two attached hydrogens (primary N) is 1. The molecule has 1 saturated carbocycles. The quantitative estimate of drug-likeness (QED) is 0.883. The van der Waals surface area contributed by atoms with Crippen molar-refractivity contribution in [1.82, 2.24) is 0 Å². The van der Waals surface area contributed by atoms with Gasteiger partial charge in [-0.3, -0.25) is 0 Å². The lowest BCUT2D eigenvalue weighted by atomic mass is 9.91. The Labute approximate surface area is 135 Å². The lowest BCUT2D eigenvalue weighted by molar-refractivity contribution is 0.395. The molecule has 1 heterocycles. The summed E-state index contributed by atoms with van der Waals surface area (Å²) in [5.41, 5.74) is 8.62. The van der Waals surface area contributed by atoms with Crippen LogP contribution in [0.3, 0.4) is 0 Å². The number of nitrogens with zero attached hydrogens (tertiary/aromatic N) is 1. The molecule has 0 atom stereocenters. The highest BCUT2D eigenvalue weighted by molar-refractivity contribution is 5.55. The monoisotopic (exact) mass is 301 g/mol. The van der Waals surface area contributed by atoms with Crippen LogP contribution in [0.25, 0.3) is 0 Å². The molecule has 3 rings (SSSR count). The second kappa shape index (κ2) is 7.36. The van der Waals surface area contributed by atoms with E-state index in [1.54, 1.807) is 0 Å². The molecule has 1 aliphatic heterocycles. The summed E-state index contributed by atoms with van der Waals surface area (Å²) in [6.07, 6.45) is 8.74. The van der Waals surface area contributed by atoms with Crippen LogP contribution in [-0.4, -0.2) is 25.2 Å². The van der Waals surface area contributed by atoms with Gasteiger partial charge in [0.25, 0.3) is 0 Å². The molecule has 0 aromatic heterocycles. The fraction of sp³-hybridized carbons (Fsp3) is 0.684. The second-order valence-electron chi connectivity index (χ2n) is 7.14. The number of piperidine rings is 1. The molecule has 3 heteroatoms. The zero-order valence-corrected chi connectivity index (χ0v) is 13.9. The predicted molar refractivity (Wildman–Crippen MR) is 95.5 cm³/mol. The maximum Gasteiger partial charge on any atom is 0.0367 e. The summed E-state index contributed by atoms with van der Waals surface area (Å²) in [5.74, 6) is 0.940. The molecule has 2 fully saturated rings. The van der Waals surface area contributed by atoms with Crippen molar-refractivity contribution in [2.24, 2.45) is 11.7 Å². The summed E-state index contributed by atoms with van der Waals surface area (Å²) in [6, 6.07) is 10.1. The molecule has 1 aromatic rings. The van der Waals surface area contributed by atoms with Gasteiger partial charge < -0.3 is 16.0 Å². The van der Waals surface area contributed by atoms with Crippen LogP contribution in [0.15, 0.2) is 24.3 Å². The molecular formula is C19H31N3. The first-order valence-corrected chi connectivity index (χ1v) is 9.11. The van der Waals surface area contributed by atoms with Gasteiger partial charge in [-0.25, -0.2) is 0 Å². The molecule has 1 aromatic carbocycles. The highest BCUT2D eigenvalue weighted by Crippen LogP contribution is 2.27. The Balaban J connectivity index is 1.52. The van der Waals surface area contributed by atoms with Crippen molar-refractivity contribution in [3.8, 4) is 0 Å². The van der Waals surface area contributed by atoms with Crippen LogP contribution < -0.4 is 16.0 Å². The minimum absolute atomic E-state index is 0.423. The lowest BCUT2D eigenvalue weighted by Crippen LogP contribution is -2.33. The average Bonchev–Trinajstić information content (AvgIpc) is 2.58. The topological polar surface area (TPSA) is 41.3 Å². The summed E-state index contributed by atoms with van der Waals surface area (Å²) in [5, 5.41) is 3.67. The number of hydrogen-bond donors (Lipinski definition) is 2. The molecule has 1 saturated heterocycles. The van der Waals surface area contributed by atoms with Gasteiger partial charge in [-0.2, -0.15) is 0 Å². The second-order valence-corrected chi connectivity index (χ2v) is 7.14. The SMILES string of the molecule is CCC1CCN(c2ccc(NC3CCC(N)CC3)cc2)CC1. The fourth-order valence-corrected chi connectivity index (χ4v) is 3.87. The average molecular weight is 301 g/mol. The third-order valence-electron chi connectivity index (χ3n) is 5.57. The van der Waals surface area contributed by atoms with Crippen LogP contribution in [0.5, 0.6) is 0 Å². The maximum atomic E-state index is 5.98. The minimum Gasteiger partial charge on any atom is -0.382 e. The number of rotatable bonds is 4. The summed E-state index contributed by atoms with van der Waals surface area (Å²) < 4.78 is 0. The van der Waals surface area contributed by atoms with Crippen molar-refractivity contribution in [3.05, 3.63) is 24.3 Å². The molecule has 3 N–H and O–H groups in total. The van der Waals surface area contributed by atoms with E-state index in [0.717, 1.165) is 18.8 Å². The molecule has 1 aliphatic carbocycles. The Bertz CT molecular complexity index is 440. The predicted octanol–water partition coefficient (Wildman–Crippen LogP) is 3.99. The van der Waals surface area contributed by atoms with Gasteiger partial charge in [-0.05, 0) is 68.7 Å².